The van der Waals surface area contributed by atoms with E-state index < -0.39 is 17.7 Å². The van der Waals surface area contributed by atoms with Gasteiger partial charge in [-0.2, -0.15) is 11.8 Å². The molecular formula is C36H60N4O11S. The molecule has 0 aromatic carbocycles. The fraction of sp³-hybridized carbons (Fsp3) is 0.778. The van der Waals surface area contributed by atoms with Crippen LogP contribution in [0.2, 0.25) is 0 Å². The van der Waals surface area contributed by atoms with Crippen molar-refractivity contribution in [2.24, 2.45) is 0 Å². The summed E-state index contributed by atoms with van der Waals surface area (Å²) in [7, 11) is 0. The normalized spacial score (nSPS) is 14.1. The number of thioether (sulfide) groups is 1. The van der Waals surface area contributed by atoms with Gasteiger partial charge in [-0.1, -0.05) is 38.5 Å². The smallest absolute Gasteiger partial charge is 0.246 e. The molecule has 1 fully saturated rings. The molecule has 1 atom stereocenters. The van der Waals surface area contributed by atoms with E-state index in [0.717, 1.165) is 19.3 Å². The summed E-state index contributed by atoms with van der Waals surface area (Å²) in [5.41, 5.74) is 0. The van der Waals surface area contributed by atoms with Crippen LogP contribution in [0, 0.1) is 0 Å². The first kappa shape index (κ1) is 46.8. The number of amides is 5. The molecule has 3 N–H and O–H groups in total. The van der Waals surface area contributed by atoms with E-state index in [-0.39, 0.29) is 99.1 Å². The van der Waals surface area contributed by atoms with E-state index in [1.165, 1.54) is 23.6 Å². The molecule has 0 aromatic heterocycles. The summed E-state index contributed by atoms with van der Waals surface area (Å²) in [5.74, 6) is -2.05. The van der Waals surface area contributed by atoms with E-state index in [9.17, 15) is 54.0 Å². The fourth-order valence-corrected chi connectivity index (χ4v) is 6.29. The van der Waals surface area contributed by atoms with Crippen molar-refractivity contribution in [2.75, 3.05) is 32.4 Å². The minimum atomic E-state index is -0.523. The molecule has 296 valence electrons. The lowest BCUT2D eigenvalue weighted by Crippen LogP contribution is -2.33. The SMILES string of the molecule is CSC1CC(=O)N(CCC(=O)CCCCCCN(O)C(=O)CCC(=O)CCCCCCN(O)C(=O)CCC(=O)CCCCCCN(O)C(C)=O)C1=O. The van der Waals surface area contributed by atoms with E-state index in [1.54, 1.807) is 6.26 Å². The molecule has 5 amide bonds. The molecule has 16 heteroatoms. The molecule has 15 nitrogen and oxygen atoms in total. The number of nitrogens with zero attached hydrogens (tertiary/aromatic N) is 4. The highest BCUT2D eigenvalue weighted by atomic mass is 32.2. The van der Waals surface area contributed by atoms with E-state index >= 15 is 0 Å². The zero-order valence-electron chi connectivity index (χ0n) is 31.1. The largest absolute Gasteiger partial charge is 0.300 e. The molecule has 0 spiro atoms. The second-order valence-corrected chi connectivity index (χ2v) is 14.4. The standard InChI is InChI=1S/C36H60N4O11S/c1-28(41)38(49)23-12-6-3-9-15-29(42)18-20-33(45)39(50)24-13-7-4-10-16-30(43)19-21-34(46)40(51)25-14-8-5-11-17-31(44)22-26-37-35(47)27-32(52-2)36(37)48/h32,49-51H,3-27H2,1-2H3. The van der Waals surface area contributed by atoms with E-state index in [2.05, 4.69) is 0 Å². The Morgan fingerprint density at radius 1 is 0.577 bits per heavy atom. The maximum atomic E-state index is 12.2. The number of likely N-dealkylation sites (tertiary alicyclic amines) is 1. The minimum Gasteiger partial charge on any atom is -0.300 e. The predicted octanol–water partition coefficient (Wildman–Crippen LogP) is 4.66. The summed E-state index contributed by atoms with van der Waals surface area (Å²) in [4.78, 5) is 96.9. The van der Waals surface area contributed by atoms with Gasteiger partial charge in [0.15, 0.2) is 0 Å². The zero-order valence-corrected chi connectivity index (χ0v) is 31.9. The second-order valence-electron chi connectivity index (χ2n) is 13.3. The van der Waals surface area contributed by atoms with Gasteiger partial charge in [-0.3, -0.25) is 58.9 Å². The third-order valence-corrected chi connectivity index (χ3v) is 9.94. The van der Waals surface area contributed by atoms with Crippen LogP contribution < -0.4 is 0 Å². The molecule has 0 saturated carbocycles. The molecule has 1 aliphatic heterocycles. The number of unbranched alkanes of at least 4 members (excludes halogenated alkanes) is 9. The Bertz CT molecular complexity index is 1180. The summed E-state index contributed by atoms with van der Waals surface area (Å²) in [5, 5.41) is 30.9. The highest BCUT2D eigenvalue weighted by molar-refractivity contribution is 8.00. The Kier molecular flexibility index (Phi) is 24.7. The monoisotopic (exact) mass is 756 g/mol. The van der Waals surface area contributed by atoms with Crippen LogP contribution in [0.3, 0.4) is 0 Å². The van der Waals surface area contributed by atoms with Crippen molar-refractivity contribution in [1.29, 1.82) is 0 Å². The number of ketones is 3. The Balaban J connectivity index is 2.01. The Hall–Kier alpha value is -3.21. The van der Waals surface area contributed by atoms with Crippen molar-refractivity contribution in [1.82, 2.24) is 20.1 Å². The number of carbonyl (C=O) groups is 8. The van der Waals surface area contributed by atoms with Crippen LogP contribution in [0.4, 0.5) is 0 Å². The zero-order chi connectivity index (χ0) is 38.9. The van der Waals surface area contributed by atoms with Crippen molar-refractivity contribution in [3.63, 3.8) is 0 Å². The Labute approximate surface area is 311 Å². The average Bonchev–Trinajstić information content (AvgIpc) is 3.40. The van der Waals surface area contributed by atoms with Gasteiger partial charge in [0, 0.05) is 90.9 Å². The van der Waals surface area contributed by atoms with Crippen LogP contribution in [0.1, 0.15) is 142 Å². The number of carbonyl (C=O) groups excluding carboxylic acids is 8. The average molecular weight is 757 g/mol. The van der Waals surface area contributed by atoms with E-state index in [1.807, 2.05) is 0 Å². The lowest BCUT2D eigenvalue weighted by molar-refractivity contribution is -0.166. The van der Waals surface area contributed by atoms with Crippen LogP contribution in [-0.4, -0.2) is 120 Å². The van der Waals surface area contributed by atoms with Crippen molar-refractivity contribution in [3.8, 4) is 0 Å². The molecule has 52 heavy (non-hydrogen) atoms. The topological polar surface area (TPSA) is 210 Å². The highest BCUT2D eigenvalue weighted by Gasteiger charge is 2.37. The summed E-state index contributed by atoms with van der Waals surface area (Å²) in [6.45, 7) is 1.92. The number of rotatable bonds is 31. The molecule has 0 aromatic rings. The molecule has 0 bridgehead atoms. The van der Waals surface area contributed by atoms with E-state index in [0.29, 0.717) is 92.2 Å². The predicted molar refractivity (Wildman–Crippen MR) is 192 cm³/mol. The number of hydroxylamine groups is 6. The van der Waals surface area contributed by atoms with Crippen molar-refractivity contribution >= 4 is 58.6 Å². The van der Waals surface area contributed by atoms with Gasteiger partial charge in [0.2, 0.25) is 29.5 Å². The number of hydrogen-bond acceptors (Lipinski definition) is 12. The lowest BCUT2D eigenvalue weighted by atomic mass is 10.1. The van der Waals surface area contributed by atoms with E-state index in [4.69, 9.17) is 0 Å². The Morgan fingerprint density at radius 3 is 1.35 bits per heavy atom. The summed E-state index contributed by atoms with van der Waals surface area (Å²) in [6.07, 6.45) is 11.0. The molecule has 1 rings (SSSR count). The van der Waals surface area contributed by atoms with Gasteiger partial charge in [-0.05, 0) is 44.8 Å². The summed E-state index contributed by atoms with van der Waals surface area (Å²) in [6, 6.07) is 0. The maximum absolute atomic E-state index is 12.2. The quantitative estimate of drug-likeness (QED) is 0.0382. The van der Waals surface area contributed by atoms with Crippen molar-refractivity contribution in [3.05, 3.63) is 0 Å². The molecule has 0 aliphatic carbocycles. The lowest BCUT2D eigenvalue weighted by Gasteiger charge is -2.15. The number of hydrogen-bond donors (Lipinski definition) is 3. The summed E-state index contributed by atoms with van der Waals surface area (Å²) >= 11 is 1.34. The van der Waals surface area contributed by atoms with Crippen LogP contribution in [-0.2, 0) is 38.4 Å². The number of Topliss-reactive ketones (excluding diaryl/α,β-unsaturated/α-hetero) is 3. The highest BCUT2D eigenvalue weighted by Crippen LogP contribution is 2.23. The van der Waals surface area contributed by atoms with Crippen LogP contribution >= 0.6 is 11.8 Å². The van der Waals surface area contributed by atoms with Gasteiger partial charge in [0.25, 0.3) is 0 Å². The molecule has 1 saturated heterocycles. The fourth-order valence-electron chi connectivity index (χ4n) is 5.65. The molecule has 1 heterocycles. The van der Waals surface area contributed by atoms with Crippen LogP contribution in [0.5, 0.6) is 0 Å². The van der Waals surface area contributed by atoms with Crippen molar-refractivity contribution in [2.45, 2.75) is 147 Å². The third-order valence-electron chi connectivity index (χ3n) is 9.00. The van der Waals surface area contributed by atoms with Gasteiger partial charge in [0.05, 0.1) is 5.25 Å². The molecule has 1 unspecified atom stereocenters. The Morgan fingerprint density at radius 2 is 0.962 bits per heavy atom. The van der Waals surface area contributed by atoms with Crippen molar-refractivity contribution < 1.29 is 54.0 Å². The summed E-state index contributed by atoms with van der Waals surface area (Å²) < 4.78 is 0. The van der Waals surface area contributed by atoms with Crippen LogP contribution in [0.15, 0.2) is 0 Å². The first-order valence-electron chi connectivity index (χ1n) is 18.6. The number of imide groups is 1. The second kappa shape index (κ2) is 27.4. The van der Waals surface area contributed by atoms with Gasteiger partial charge in [0.1, 0.15) is 17.3 Å². The molecule has 0 radical (unpaired) electrons. The molecule has 1 aliphatic rings. The molecular weight excluding hydrogens is 696 g/mol. The minimum absolute atomic E-state index is 0.0106. The maximum Gasteiger partial charge on any atom is 0.246 e. The van der Waals surface area contributed by atoms with Gasteiger partial charge in [-0.25, -0.2) is 15.2 Å². The van der Waals surface area contributed by atoms with Gasteiger partial charge < -0.3 is 0 Å². The van der Waals surface area contributed by atoms with Gasteiger partial charge >= 0.3 is 0 Å². The first-order valence-corrected chi connectivity index (χ1v) is 19.9. The van der Waals surface area contributed by atoms with Crippen LogP contribution in [0.25, 0.3) is 0 Å². The first-order chi connectivity index (χ1) is 24.8. The third kappa shape index (κ3) is 20.7. The van der Waals surface area contributed by atoms with Gasteiger partial charge in [-0.15, -0.1) is 0 Å².